The number of nitrogens with one attached hydrogen (secondary N) is 1. The molecule has 132 valence electrons. The first-order valence-corrected chi connectivity index (χ1v) is 8.45. The number of alkyl halides is 1. The van der Waals surface area contributed by atoms with Crippen molar-refractivity contribution in [1.82, 2.24) is 10.2 Å². The molecule has 7 heteroatoms. The van der Waals surface area contributed by atoms with Crippen LogP contribution in [0.15, 0.2) is 18.2 Å². The summed E-state index contributed by atoms with van der Waals surface area (Å²) in [6.07, 6.45) is 4.65. The molecule has 6 nitrogen and oxygen atoms in total. The third kappa shape index (κ3) is 5.26. The maximum atomic E-state index is 12.2. The highest BCUT2D eigenvalue weighted by molar-refractivity contribution is 5.98. The molecule has 1 heterocycles. The van der Waals surface area contributed by atoms with Crippen LogP contribution in [0.3, 0.4) is 0 Å². The number of carbonyl (C=O) groups excluding carboxylic acids is 1. The van der Waals surface area contributed by atoms with Crippen molar-refractivity contribution in [3.8, 4) is 0 Å². The number of nitro benzene ring substituents is 1. The lowest BCUT2D eigenvalue weighted by Gasteiger charge is -2.26. The number of benzene rings is 1. The van der Waals surface area contributed by atoms with Crippen molar-refractivity contribution >= 4 is 11.6 Å². The highest BCUT2D eigenvalue weighted by atomic mass is 19.1. The van der Waals surface area contributed by atoms with Gasteiger partial charge in [0.2, 0.25) is 0 Å². The van der Waals surface area contributed by atoms with Crippen LogP contribution < -0.4 is 5.32 Å². The van der Waals surface area contributed by atoms with Gasteiger partial charge in [-0.15, -0.1) is 0 Å². The van der Waals surface area contributed by atoms with E-state index in [0.717, 1.165) is 31.6 Å². The summed E-state index contributed by atoms with van der Waals surface area (Å²) in [6, 6.07) is 4.68. The molecule has 0 bridgehead atoms. The average Bonchev–Trinajstić information content (AvgIpc) is 2.60. The molecular formula is C17H24FN3O3. The Labute approximate surface area is 141 Å². The number of amides is 1. The maximum Gasteiger partial charge on any atom is 0.282 e. The van der Waals surface area contributed by atoms with Crippen LogP contribution in [0, 0.1) is 10.1 Å². The molecule has 0 radical (unpaired) electrons. The number of rotatable bonds is 8. The summed E-state index contributed by atoms with van der Waals surface area (Å²) in [6.45, 7) is 2.70. The van der Waals surface area contributed by atoms with Crippen molar-refractivity contribution in [3.05, 3.63) is 39.4 Å². The zero-order valence-corrected chi connectivity index (χ0v) is 13.8. The second-order valence-corrected chi connectivity index (χ2v) is 6.06. The van der Waals surface area contributed by atoms with E-state index in [4.69, 9.17) is 0 Å². The van der Waals surface area contributed by atoms with Gasteiger partial charge in [-0.3, -0.25) is 19.3 Å². The molecule has 0 aliphatic carbocycles. The minimum atomic E-state index is -0.557. The summed E-state index contributed by atoms with van der Waals surface area (Å²) in [4.78, 5) is 25.1. The lowest BCUT2D eigenvalue weighted by atomic mass is 10.0. The first-order chi connectivity index (χ1) is 11.6. The predicted molar refractivity (Wildman–Crippen MR) is 90.0 cm³/mol. The number of nitro groups is 1. The third-order valence-electron chi connectivity index (χ3n) is 4.26. The normalized spacial score (nSPS) is 15.2. The van der Waals surface area contributed by atoms with Crippen LogP contribution in [-0.2, 0) is 6.42 Å². The van der Waals surface area contributed by atoms with E-state index in [1.165, 1.54) is 25.3 Å². The Morgan fingerprint density at radius 3 is 2.71 bits per heavy atom. The Bertz CT molecular complexity index is 574. The van der Waals surface area contributed by atoms with E-state index in [9.17, 15) is 19.3 Å². The second kappa shape index (κ2) is 9.32. The minimum Gasteiger partial charge on any atom is -0.352 e. The number of halogens is 1. The van der Waals surface area contributed by atoms with Gasteiger partial charge in [-0.05, 0) is 50.4 Å². The maximum absolute atomic E-state index is 12.2. The van der Waals surface area contributed by atoms with E-state index < -0.39 is 17.5 Å². The van der Waals surface area contributed by atoms with Crippen molar-refractivity contribution in [2.24, 2.45) is 0 Å². The van der Waals surface area contributed by atoms with Gasteiger partial charge in [0.05, 0.1) is 11.6 Å². The first-order valence-electron chi connectivity index (χ1n) is 8.45. The molecule has 1 amide bonds. The summed E-state index contributed by atoms with van der Waals surface area (Å²) in [5, 5.41) is 13.7. The SMILES string of the molecule is O=C(NCCCF)c1cc(CCN2CCCCC2)ccc1[N+](=O)[O-]. The number of hydrogen-bond donors (Lipinski definition) is 1. The molecule has 1 saturated heterocycles. The van der Waals surface area contributed by atoms with Crippen LogP contribution in [0.4, 0.5) is 10.1 Å². The second-order valence-electron chi connectivity index (χ2n) is 6.06. The fourth-order valence-corrected chi connectivity index (χ4v) is 2.91. The molecule has 0 spiro atoms. The van der Waals surface area contributed by atoms with Crippen molar-refractivity contribution in [1.29, 1.82) is 0 Å². The first kappa shape index (κ1) is 18.3. The lowest BCUT2D eigenvalue weighted by molar-refractivity contribution is -0.385. The summed E-state index contributed by atoms with van der Waals surface area (Å²) in [7, 11) is 0. The smallest absolute Gasteiger partial charge is 0.282 e. The molecule has 0 atom stereocenters. The van der Waals surface area contributed by atoms with Gasteiger partial charge < -0.3 is 10.2 Å². The van der Waals surface area contributed by atoms with E-state index in [1.54, 1.807) is 12.1 Å². The van der Waals surface area contributed by atoms with Gasteiger partial charge >= 0.3 is 0 Å². The summed E-state index contributed by atoms with van der Waals surface area (Å²) in [5.74, 6) is -0.519. The number of nitrogens with zero attached hydrogens (tertiary/aromatic N) is 2. The van der Waals surface area contributed by atoms with Crippen LogP contribution in [0.25, 0.3) is 0 Å². The highest BCUT2D eigenvalue weighted by Gasteiger charge is 2.20. The molecule has 1 fully saturated rings. The Kier molecular flexibility index (Phi) is 7.11. The molecule has 1 aliphatic heterocycles. The minimum absolute atomic E-state index is 0.0509. The van der Waals surface area contributed by atoms with E-state index in [2.05, 4.69) is 10.2 Å². The fourth-order valence-electron chi connectivity index (χ4n) is 2.91. The van der Waals surface area contributed by atoms with Crippen molar-refractivity contribution in [2.45, 2.75) is 32.1 Å². The van der Waals surface area contributed by atoms with E-state index in [0.29, 0.717) is 0 Å². The molecule has 1 aromatic carbocycles. The largest absolute Gasteiger partial charge is 0.352 e. The zero-order valence-electron chi connectivity index (χ0n) is 13.8. The van der Waals surface area contributed by atoms with E-state index in [-0.39, 0.29) is 24.2 Å². The van der Waals surface area contributed by atoms with Gasteiger partial charge in [0.25, 0.3) is 11.6 Å². The highest BCUT2D eigenvalue weighted by Crippen LogP contribution is 2.21. The van der Waals surface area contributed by atoms with Crippen LogP contribution in [0.5, 0.6) is 0 Å². The van der Waals surface area contributed by atoms with Gasteiger partial charge in [0, 0.05) is 19.2 Å². The van der Waals surface area contributed by atoms with Crippen molar-refractivity contribution < 1.29 is 14.1 Å². The van der Waals surface area contributed by atoms with Gasteiger partial charge in [0.1, 0.15) is 5.56 Å². The fraction of sp³-hybridized carbons (Fsp3) is 0.588. The number of likely N-dealkylation sites (tertiary alicyclic amines) is 1. The quantitative estimate of drug-likeness (QED) is 0.449. The standard InChI is InChI=1S/C17H24FN3O3/c18-8-4-9-19-17(22)15-13-14(5-6-16(15)21(23)24)7-12-20-10-2-1-3-11-20/h5-6,13H,1-4,7-12H2,(H,19,22). The van der Waals surface area contributed by atoms with Crippen LogP contribution in [0.2, 0.25) is 0 Å². The van der Waals surface area contributed by atoms with Crippen LogP contribution in [0.1, 0.15) is 41.6 Å². The molecule has 24 heavy (non-hydrogen) atoms. The van der Waals surface area contributed by atoms with Gasteiger partial charge in [-0.1, -0.05) is 12.5 Å². The molecule has 2 rings (SSSR count). The Morgan fingerprint density at radius 1 is 1.29 bits per heavy atom. The zero-order chi connectivity index (χ0) is 17.4. The number of carbonyl (C=O) groups is 1. The Hall–Kier alpha value is -2.02. The van der Waals surface area contributed by atoms with Gasteiger partial charge in [-0.25, -0.2) is 0 Å². The molecule has 0 aromatic heterocycles. The number of piperidine rings is 1. The van der Waals surface area contributed by atoms with Crippen molar-refractivity contribution in [3.63, 3.8) is 0 Å². The molecule has 1 N–H and O–H groups in total. The van der Waals surface area contributed by atoms with E-state index >= 15 is 0 Å². The topological polar surface area (TPSA) is 75.5 Å². The predicted octanol–water partition coefficient (Wildman–Crippen LogP) is 2.71. The monoisotopic (exact) mass is 337 g/mol. The molecule has 1 aromatic rings. The van der Waals surface area contributed by atoms with E-state index in [1.807, 2.05) is 0 Å². The Balaban J connectivity index is 2.05. The number of hydrogen-bond acceptors (Lipinski definition) is 4. The van der Waals surface area contributed by atoms with Gasteiger partial charge in [-0.2, -0.15) is 0 Å². The third-order valence-corrected chi connectivity index (χ3v) is 4.26. The lowest BCUT2D eigenvalue weighted by Crippen LogP contribution is -2.31. The summed E-state index contributed by atoms with van der Waals surface area (Å²) < 4.78 is 12.1. The Morgan fingerprint density at radius 2 is 2.04 bits per heavy atom. The molecule has 0 saturated carbocycles. The summed E-state index contributed by atoms with van der Waals surface area (Å²) in [5.41, 5.74) is 0.742. The molecule has 1 aliphatic rings. The summed E-state index contributed by atoms with van der Waals surface area (Å²) >= 11 is 0. The van der Waals surface area contributed by atoms with Crippen molar-refractivity contribution in [2.75, 3.05) is 32.9 Å². The molecule has 0 unspecified atom stereocenters. The molecular weight excluding hydrogens is 313 g/mol. The average molecular weight is 337 g/mol. The van der Waals surface area contributed by atoms with Gasteiger partial charge in [0.15, 0.2) is 0 Å². The van der Waals surface area contributed by atoms with Crippen LogP contribution >= 0.6 is 0 Å². The van der Waals surface area contributed by atoms with Crippen LogP contribution in [-0.4, -0.2) is 48.6 Å².